The minimum absolute atomic E-state index is 0.0694. The van der Waals surface area contributed by atoms with Crippen LogP contribution in [0.5, 0.6) is 5.75 Å². The van der Waals surface area contributed by atoms with E-state index in [-0.39, 0.29) is 17.3 Å². The molecule has 0 saturated heterocycles. The third-order valence-electron chi connectivity index (χ3n) is 6.69. The molecule has 0 bridgehead atoms. The molecule has 5 rings (SSSR count). The molecule has 0 aliphatic rings. The fourth-order valence-electron chi connectivity index (χ4n) is 4.49. The number of ether oxygens (including phenoxy) is 1. The lowest BCUT2D eigenvalue weighted by molar-refractivity contribution is 0.0947. The van der Waals surface area contributed by atoms with Gasteiger partial charge < -0.3 is 10.1 Å². The van der Waals surface area contributed by atoms with Crippen molar-refractivity contribution in [2.24, 2.45) is 0 Å². The first-order valence-electron chi connectivity index (χ1n) is 13.1. The molecule has 0 unspecified atom stereocenters. The third-order valence-corrected chi connectivity index (χ3v) is 8.70. The molecule has 1 N–H and O–H groups in total. The van der Waals surface area contributed by atoms with E-state index in [9.17, 15) is 13.2 Å². The first kappa shape index (κ1) is 28.2. The van der Waals surface area contributed by atoms with Crippen LogP contribution < -0.4 is 14.4 Å². The van der Waals surface area contributed by atoms with Crippen molar-refractivity contribution in [2.45, 2.75) is 18.4 Å². The van der Waals surface area contributed by atoms with Gasteiger partial charge in [-0.15, -0.1) is 0 Å². The summed E-state index contributed by atoms with van der Waals surface area (Å²) in [5.74, 6) is 0.505. The standard InChI is InChI=1S/C33H29ClN2O4S/c1-24-11-17-29(34)22-32(24)36(41(38,39)31-9-3-2-4-10-31)23-25-12-14-27(15-13-25)33(37)35-19-20-40-30-18-16-26-7-5-6-8-28(26)21-30/h2-18,21-22H,19-20,23H2,1H3,(H,35,37). The number of halogens is 1. The first-order chi connectivity index (χ1) is 19.8. The summed E-state index contributed by atoms with van der Waals surface area (Å²) in [6.07, 6.45) is 0. The molecular weight excluding hydrogens is 556 g/mol. The lowest BCUT2D eigenvalue weighted by Crippen LogP contribution is -2.31. The van der Waals surface area contributed by atoms with E-state index in [0.717, 1.165) is 27.6 Å². The van der Waals surface area contributed by atoms with Crippen LogP contribution in [0.3, 0.4) is 0 Å². The Kier molecular flexibility index (Phi) is 8.57. The average Bonchev–Trinajstić information content (AvgIpc) is 3.00. The summed E-state index contributed by atoms with van der Waals surface area (Å²) in [5.41, 5.74) is 2.46. The summed E-state index contributed by atoms with van der Waals surface area (Å²) in [5, 5.41) is 5.54. The summed E-state index contributed by atoms with van der Waals surface area (Å²) >= 11 is 6.25. The molecule has 0 atom stereocenters. The SMILES string of the molecule is Cc1ccc(Cl)cc1N(Cc1ccc(C(=O)NCCOc2ccc3ccccc3c2)cc1)S(=O)(=O)c1ccccc1. The zero-order valence-electron chi connectivity index (χ0n) is 22.5. The quantitative estimate of drug-likeness (QED) is 0.179. The normalized spacial score (nSPS) is 11.3. The summed E-state index contributed by atoms with van der Waals surface area (Å²) in [7, 11) is -3.89. The van der Waals surface area contributed by atoms with E-state index in [2.05, 4.69) is 5.32 Å². The van der Waals surface area contributed by atoms with Gasteiger partial charge in [0, 0.05) is 10.6 Å². The van der Waals surface area contributed by atoms with Crippen molar-refractivity contribution in [3.8, 4) is 5.75 Å². The van der Waals surface area contributed by atoms with Gasteiger partial charge in [0.2, 0.25) is 0 Å². The van der Waals surface area contributed by atoms with Gasteiger partial charge in [-0.1, -0.05) is 78.3 Å². The summed E-state index contributed by atoms with van der Waals surface area (Å²) in [4.78, 5) is 12.9. The smallest absolute Gasteiger partial charge is 0.264 e. The van der Waals surface area contributed by atoms with Crippen LogP contribution in [0, 0.1) is 6.92 Å². The highest BCUT2D eigenvalue weighted by molar-refractivity contribution is 7.92. The number of carbonyl (C=O) groups excluding carboxylic acids is 1. The van der Waals surface area contributed by atoms with Crippen LogP contribution in [0.15, 0.2) is 120 Å². The van der Waals surface area contributed by atoms with Crippen molar-refractivity contribution in [3.05, 3.63) is 137 Å². The van der Waals surface area contributed by atoms with Gasteiger partial charge in [0.25, 0.3) is 15.9 Å². The molecule has 1 amide bonds. The lowest BCUT2D eigenvalue weighted by Gasteiger charge is -2.26. The van der Waals surface area contributed by atoms with Crippen LogP contribution in [-0.4, -0.2) is 27.5 Å². The zero-order valence-corrected chi connectivity index (χ0v) is 24.0. The van der Waals surface area contributed by atoms with E-state index in [1.807, 2.05) is 49.4 Å². The van der Waals surface area contributed by atoms with Crippen molar-refractivity contribution < 1.29 is 17.9 Å². The summed E-state index contributed by atoms with van der Waals surface area (Å²) < 4.78 is 34.5. The van der Waals surface area contributed by atoms with E-state index in [0.29, 0.717) is 29.4 Å². The zero-order chi connectivity index (χ0) is 28.8. The predicted octanol–water partition coefficient (Wildman–Crippen LogP) is 7.01. The average molecular weight is 585 g/mol. The number of rotatable bonds is 10. The van der Waals surface area contributed by atoms with Gasteiger partial charge in [0.05, 0.1) is 23.7 Å². The Balaban J connectivity index is 1.25. The minimum atomic E-state index is -3.89. The molecule has 0 fully saturated rings. The second kappa shape index (κ2) is 12.5. The van der Waals surface area contributed by atoms with Crippen molar-refractivity contribution in [1.29, 1.82) is 0 Å². The molecule has 6 nitrogen and oxygen atoms in total. The Morgan fingerprint density at radius 2 is 1.54 bits per heavy atom. The fourth-order valence-corrected chi connectivity index (χ4v) is 6.19. The predicted molar refractivity (Wildman–Crippen MR) is 164 cm³/mol. The van der Waals surface area contributed by atoms with Gasteiger partial charge >= 0.3 is 0 Å². The first-order valence-corrected chi connectivity index (χ1v) is 15.0. The van der Waals surface area contributed by atoms with Crippen molar-refractivity contribution in [2.75, 3.05) is 17.5 Å². The third kappa shape index (κ3) is 6.70. The molecule has 0 radical (unpaired) electrons. The van der Waals surface area contributed by atoms with Crippen LogP contribution in [0.2, 0.25) is 5.02 Å². The second-order valence-corrected chi connectivity index (χ2v) is 11.9. The van der Waals surface area contributed by atoms with Gasteiger partial charge in [-0.2, -0.15) is 0 Å². The number of anilines is 1. The highest BCUT2D eigenvalue weighted by Crippen LogP contribution is 2.31. The molecule has 208 valence electrons. The molecule has 0 aliphatic heterocycles. The molecule has 0 heterocycles. The molecular formula is C33H29ClN2O4S. The maximum atomic E-state index is 13.7. The molecule has 0 aromatic heterocycles. The molecule has 0 spiro atoms. The molecule has 41 heavy (non-hydrogen) atoms. The number of fused-ring (bicyclic) bond motifs is 1. The van der Waals surface area contributed by atoms with Crippen molar-refractivity contribution >= 4 is 44.0 Å². The van der Waals surface area contributed by atoms with E-state index in [1.165, 1.54) is 4.31 Å². The van der Waals surface area contributed by atoms with Crippen LogP contribution in [0.4, 0.5) is 5.69 Å². The highest BCUT2D eigenvalue weighted by Gasteiger charge is 2.26. The van der Waals surface area contributed by atoms with Crippen LogP contribution in [-0.2, 0) is 16.6 Å². The Labute approximate surface area is 245 Å². The molecule has 5 aromatic rings. The number of benzene rings is 5. The number of sulfonamides is 1. The second-order valence-electron chi connectivity index (χ2n) is 9.57. The van der Waals surface area contributed by atoms with Gasteiger partial charge in [-0.25, -0.2) is 8.42 Å². The highest BCUT2D eigenvalue weighted by atomic mass is 35.5. The van der Waals surface area contributed by atoms with Crippen LogP contribution in [0.25, 0.3) is 10.8 Å². The van der Waals surface area contributed by atoms with Gasteiger partial charge in [-0.05, 0) is 77.4 Å². The van der Waals surface area contributed by atoms with Crippen LogP contribution in [0.1, 0.15) is 21.5 Å². The largest absolute Gasteiger partial charge is 0.492 e. The monoisotopic (exact) mass is 584 g/mol. The molecule has 0 aliphatic carbocycles. The Morgan fingerprint density at radius 3 is 2.29 bits per heavy atom. The Morgan fingerprint density at radius 1 is 0.829 bits per heavy atom. The minimum Gasteiger partial charge on any atom is -0.492 e. The molecule has 5 aromatic carbocycles. The number of hydrogen-bond acceptors (Lipinski definition) is 4. The topological polar surface area (TPSA) is 75.7 Å². The maximum absolute atomic E-state index is 13.7. The summed E-state index contributed by atoms with van der Waals surface area (Å²) in [6, 6.07) is 34.3. The van der Waals surface area contributed by atoms with Crippen molar-refractivity contribution in [1.82, 2.24) is 5.32 Å². The number of amides is 1. The molecule has 0 saturated carbocycles. The Hall–Kier alpha value is -4.33. The van der Waals surface area contributed by atoms with E-state index < -0.39 is 10.0 Å². The molecule has 8 heteroatoms. The fraction of sp³-hybridized carbons (Fsp3) is 0.121. The number of nitrogens with one attached hydrogen (secondary N) is 1. The van der Waals surface area contributed by atoms with Crippen LogP contribution >= 0.6 is 11.6 Å². The number of hydrogen-bond donors (Lipinski definition) is 1. The van der Waals surface area contributed by atoms with E-state index >= 15 is 0 Å². The number of carbonyl (C=O) groups is 1. The number of aryl methyl sites for hydroxylation is 1. The van der Waals surface area contributed by atoms with E-state index in [4.69, 9.17) is 16.3 Å². The maximum Gasteiger partial charge on any atom is 0.264 e. The van der Waals surface area contributed by atoms with E-state index in [1.54, 1.807) is 72.8 Å². The van der Waals surface area contributed by atoms with Gasteiger partial charge in [0.15, 0.2) is 0 Å². The summed E-state index contributed by atoms with van der Waals surface area (Å²) in [6.45, 7) is 2.58. The lowest BCUT2D eigenvalue weighted by atomic mass is 10.1. The van der Waals surface area contributed by atoms with Gasteiger partial charge in [-0.3, -0.25) is 9.10 Å². The van der Waals surface area contributed by atoms with Gasteiger partial charge in [0.1, 0.15) is 12.4 Å². The van der Waals surface area contributed by atoms with Crippen molar-refractivity contribution in [3.63, 3.8) is 0 Å². The Bertz CT molecular complexity index is 1780. The number of nitrogens with zero attached hydrogens (tertiary/aromatic N) is 1.